The maximum atomic E-state index is 13.5. The molecule has 0 spiro atoms. The lowest BCUT2D eigenvalue weighted by Gasteiger charge is -2.15. The Morgan fingerprint density at radius 2 is 2.32 bits per heavy atom. The highest BCUT2D eigenvalue weighted by Gasteiger charge is 2.22. The van der Waals surface area contributed by atoms with Crippen LogP contribution in [0.15, 0.2) is 18.2 Å². The summed E-state index contributed by atoms with van der Waals surface area (Å²) >= 11 is 0. The fourth-order valence-electron chi connectivity index (χ4n) is 2.53. The number of halogens is 1. The van der Waals surface area contributed by atoms with Crippen molar-refractivity contribution in [2.75, 3.05) is 19.7 Å². The predicted molar refractivity (Wildman–Crippen MR) is 68.1 cm³/mol. The van der Waals surface area contributed by atoms with E-state index in [9.17, 15) is 14.5 Å². The average Bonchev–Trinajstić information content (AvgIpc) is 2.76. The van der Waals surface area contributed by atoms with E-state index in [4.69, 9.17) is 5.11 Å². The summed E-state index contributed by atoms with van der Waals surface area (Å²) in [5.74, 6) is -0.290. The fraction of sp³-hybridized carbons (Fsp3) is 0.538. The Labute approximate surface area is 110 Å². The summed E-state index contributed by atoms with van der Waals surface area (Å²) in [5, 5.41) is 19.4. The van der Waals surface area contributed by atoms with Crippen molar-refractivity contribution in [3.63, 3.8) is 0 Å². The van der Waals surface area contributed by atoms with E-state index in [0.29, 0.717) is 12.5 Å². The van der Waals surface area contributed by atoms with Crippen LogP contribution in [0.1, 0.15) is 18.4 Å². The van der Waals surface area contributed by atoms with Crippen LogP contribution in [-0.4, -0.2) is 34.6 Å². The molecule has 1 atom stereocenters. The normalized spacial score (nSPS) is 19.8. The Morgan fingerprint density at radius 1 is 1.53 bits per heavy atom. The largest absolute Gasteiger partial charge is 0.396 e. The molecule has 1 unspecified atom stereocenters. The molecule has 0 saturated carbocycles. The minimum absolute atomic E-state index is 0.199. The Balaban J connectivity index is 1.97. The number of likely N-dealkylation sites (tertiary alicyclic amines) is 1. The summed E-state index contributed by atoms with van der Waals surface area (Å²) in [7, 11) is 0. The van der Waals surface area contributed by atoms with Gasteiger partial charge in [-0.25, -0.2) is 0 Å². The van der Waals surface area contributed by atoms with Gasteiger partial charge in [-0.05, 0) is 36.9 Å². The van der Waals surface area contributed by atoms with E-state index < -0.39 is 16.4 Å². The first-order valence-electron chi connectivity index (χ1n) is 6.36. The molecule has 1 aliphatic rings. The van der Waals surface area contributed by atoms with Gasteiger partial charge in [-0.15, -0.1) is 0 Å². The molecule has 0 aliphatic carbocycles. The van der Waals surface area contributed by atoms with Crippen molar-refractivity contribution < 1.29 is 14.4 Å². The number of hydrogen-bond donors (Lipinski definition) is 1. The van der Waals surface area contributed by atoms with Crippen LogP contribution in [0.2, 0.25) is 0 Å². The van der Waals surface area contributed by atoms with Crippen LogP contribution >= 0.6 is 0 Å². The minimum Gasteiger partial charge on any atom is -0.396 e. The zero-order valence-electron chi connectivity index (χ0n) is 10.6. The molecular formula is C13H17FN2O3. The molecule has 6 heteroatoms. The van der Waals surface area contributed by atoms with Crippen molar-refractivity contribution in [3.05, 3.63) is 39.7 Å². The third-order valence-electron chi connectivity index (χ3n) is 3.52. The lowest BCUT2D eigenvalue weighted by molar-refractivity contribution is -0.387. The zero-order chi connectivity index (χ0) is 13.8. The molecule has 1 aromatic carbocycles. The van der Waals surface area contributed by atoms with Crippen LogP contribution in [0.5, 0.6) is 0 Å². The fourth-order valence-corrected chi connectivity index (χ4v) is 2.53. The first kappa shape index (κ1) is 13.9. The van der Waals surface area contributed by atoms with E-state index >= 15 is 0 Å². The number of nitrogens with zero attached hydrogens (tertiary/aromatic N) is 2. The predicted octanol–water partition coefficient (Wildman–Crippen LogP) is 1.94. The highest BCUT2D eigenvalue weighted by molar-refractivity contribution is 5.35. The van der Waals surface area contributed by atoms with Gasteiger partial charge in [-0.3, -0.25) is 15.0 Å². The molecule has 1 N–H and O–H groups in total. The van der Waals surface area contributed by atoms with Crippen molar-refractivity contribution in [2.45, 2.75) is 19.4 Å². The third-order valence-corrected chi connectivity index (χ3v) is 3.52. The Bertz CT molecular complexity index is 467. The van der Waals surface area contributed by atoms with E-state index in [2.05, 4.69) is 4.90 Å². The number of aliphatic hydroxyl groups is 1. The van der Waals surface area contributed by atoms with Crippen LogP contribution in [0.4, 0.5) is 10.1 Å². The number of nitro groups is 1. The Hall–Kier alpha value is -1.53. The van der Waals surface area contributed by atoms with E-state index in [0.717, 1.165) is 31.5 Å². The molecule has 1 heterocycles. The van der Waals surface area contributed by atoms with Gasteiger partial charge in [0.1, 0.15) is 0 Å². The smallest absolute Gasteiger partial charge is 0.304 e. The van der Waals surface area contributed by atoms with Gasteiger partial charge in [-0.2, -0.15) is 4.39 Å². The van der Waals surface area contributed by atoms with Crippen LogP contribution in [0, 0.1) is 21.8 Å². The molecule has 1 aliphatic heterocycles. The van der Waals surface area contributed by atoms with Gasteiger partial charge in [-0.1, -0.05) is 6.07 Å². The molecule has 104 valence electrons. The summed E-state index contributed by atoms with van der Waals surface area (Å²) in [4.78, 5) is 12.0. The molecule has 1 saturated heterocycles. The first-order valence-corrected chi connectivity index (χ1v) is 6.36. The maximum Gasteiger partial charge on any atom is 0.304 e. The van der Waals surface area contributed by atoms with Crippen LogP contribution in [-0.2, 0) is 6.54 Å². The van der Waals surface area contributed by atoms with Gasteiger partial charge in [0.15, 0.2) is 0 Å². The van der Waals surface area contributed by atoms with Gasteiger partial charge in [0, 0.05) is 25.8 Å². The molecule has 1 aromatic rings. The SMILES string of the molecule is O=[N+]([O-])c1ccc(CN2CCC(CCO)C2)cc1F. The van der Waals surface area contributed by atoms with Gasteiger partial charge in [0.05, 0.1) is 4.92 Å². The molecule has 0 amide bonds. The second kappa shape index (κ2) is 6.08. The van der Waals surface area contributed by atoms with Gasteiger partial charge >= 0.3 is 5.69 Å². The van der Waals surface area contributed by atoms with Crippen molar-refractivity contribution in [3.8, 4) is 0 Å². The minimum atomic E-state index is -0.784. The van der Waals surface area contributed by atoms with Crippen molar-refractivity contribution >= 4 is 5.69 Å². The lowest BCUT2D eigenvalue weighted by atomic mass is 10.1. The summed E-state index contributed by atoms with van der Waals surface area (Å²) in [6.45, 7) is 2.60. The van der Waals surface area contributed by atoms with Crippen molar-refractivity contribution in [1.82, 2.24) is 4.90 Å². The van der Waals surface area contributed by atoms with Crippen molar-refractivity contribution in [2.24, 2.45) is 5.92 Å². The van der Waals surface area contributed by atoms with Crippen LogP contribution < -0.4 is 0 Å². The molecule has 19 heavy (non-hydrogen) atoms. The van der Waals surface area contributed by atoms with E-state index in [1.165, 1.54) is 12.1 Å². The zero-order valence-corrected chi connectivity index (χ0v) is 10.6. The second-order valence-electron chi connectivity index (χ2n) is 4.94. The maximum absolute atomic E-state index is 13.5. The number of rotatable bonds is 5. The monoisotopic (exact) mass is 268 g/mol. The van der Waals surface area contributed by atoms with E-state index in [1.54, 1.807) is 6.07 Å². The van der Waals surface area contributed by atoms with Gasteiger partial charge in [0.2, 0.25) is 5.82 Å². The van der Waals surface area contributed by atoms with Crippen LogP contribution in [0.3, 0.4) is 0 Å². The molecule has 0 radical (unpaired) electrons. The molecule has 1 fully saturated rings. The molecule has 5 nitrogen and oxygen atoms in total. The molecule has 2 rings (SSSR count). The lowest BCUT2D eigenvalue weighted by Crippen LogP contribution is -2.20. The summed E-state index contributed by atoms with van der Waals surface area (Å²) in [6, 6.07) is 4.05. The van der Waals surface area contributed by atoms with Crippen molar-refractivity contribution in [1.29, 1.82) is 0 Å². The highest BCUT2D eigenvalue weighted by atomic mass is 19.1. The Morgan fingerprint density at radius 3 is 2.95 bits per heavy atom. The number of hydrogen-bond acceptors (Lipinski definition) is 4. The number of nitro benzene ring substituents is 1. The standard InChI is InChI=1S/C13H17FN2O3/c14-12-7-11(1-2-13(12)16(18)19)9-15-5-3-10(8-15)4-6-17/h1-2,7,10,17H,3-6,8-9H2. The number of benzene rings is 1. The topological polar surface area (TPSA) is 66.6 Å². The highest BCUT2D eigenvalue weighted by Crippen LogP contribution is 2.23. The average molecular weight is 268 g/mol. The van der Waals surface area contributed by atoms with Gasteiger partial charge < -0.3 is 5.11 Å². The third kappa shape index (κ3) is 3.48. The summed E-state index contributed by atoms with van der Waals surface area (Å²) in [5.41, 5.74) is 0.260. The second-order valence-corrected chi connectivity index (χ2v) is 4.94. The Kier molecular flexibility index (Phi) is 4.44. The molecular weight excluding hydrogens is 251 g/mol. The summed E-state index contributed by atoms with van der Waals surface area (Å²) in [6.07, 6.45) is 1.83. The van der Waals surface area contributed by atoms with E-state index in [-0.39, 0.29) is 6.61 Å². The quantitative estimate of drug-likeness (QED) is 0.654. The van der Waals surface area contributed by atoms with Crippen LogP contribution in [0.25, 0.3) is 0 Å². The molecule has 0 bridgehead atoms. The first-order chi connectivity index (χ1) is 9.10. The summed E-state index contributed by atoms with van der Waals surface area (Å²) < 4.78 is 13.5. The number of aliphatic hydroxyl groups excluding tert-OH is 1. The molecule has 0 aromatic heterocycles. The van der Waals surface area contributed by atoms with Gasteiger partial charge in [0.25, 0.3) is 0 Å². The van der Waals surface area contributed by atoms with E-state index in [1.807, 2.05) is 0 Å².